The van der Waals surface area contributed by atoms with Gasteiger partial charge in [0.25, 0.3) is 11.8 Å². The van der Waals surface area contributed by atoms with Crippen molar-refractivity contribution in [3.05, 3.63) is 63.4 Å². The number of benzene rings is 1. The van der Waals surface area contributed by atoms with Crippen molar-refractivity contribution < 1.29 is 9.59 Å². The average molecular weight is 352 g/mol. The molecule has 5 nitrogen and oxygen atoms in total. The van der Waals surface area contributed by atoms with E-state index in [-0.39, 0.29) is 21.8 Å². The van der Waals surface area contributed by atoms with Gasteiger partial charge in [0, 0.05) is 26.2 Å². The number of halogens is 2. The molecular weight excluding hydrogens is 337 g/mol. The zero-order valence-electron chi connectivity index (χ0n) is 12.6. The van der Waals surface area contributed by atoms with E-state index in [1.807, 2.05) is 0 Å². The second-order valence-corrected chi connectivity index (χ2v) is 5.84. The molecule has 0 aliphatic heterocycles. The van der Waals surface area contributed by atoms with Crippen LogP contribution in [0.1, 0.15) is 26.4 Å². The maximum absolute atomic E-state index is 12.1. The van der Waals surface area contributed by atoms with E-state index in [2.05, 4.69) is 10.3 Å². The van der Waals surface area contributed by atoms with Gasteiger partial charge in [-0.1, -0.05) is 35.3 Å². The predicted molar refractivity (Wildman–Crippen MR) is 89.9 cm³/mol. The van der Waals surface area contributed by atoms with E-state index in [0.717, 1.165) is 5.56 Å². The van der Waals surface area contributed by atoms with Gasteiger partial charge in [-0.3, -0.25) is 9.59 Å². The largest absolute Gasteiger partial charge is 0.347 e. The molecule has 0 radical (unpaired) electrons. The van der Waals surface area contributed by atoms with Gasteiger partial charge in [0.15, 0.2) is 0 Å². The number of carbonyl (C=O) groups excluding carboxylic acids is 2. The summed E-state index contributed by atoms with van der Waals surface area (Å²) in [5.74, 6) is -0.485. The molecule has 0 unspecified atom stereocenters. The number of amides is 2. The number of pyridine rings is 1. The van der Waals surface area contributed by atoms with Crippen LogP contribution >= 0.6 is 23.2 Å². The van der Waals surface area contributed by atoms with E-state index in [1.54, 1.807) is 38.4 Å². The SMILES string of the molecule is CN(C)C(=O)c1ccc(CNC(=O)c2nc(Cl)ccc2Cl)cc1. The number of rotatable bonds is 4. The molecule has 1 heterocycles. The van der Waals surface area contributed by atoms with Gasteiger partial charge in [-0.15, -0.1) is 0 Å². The number of aromatic nitrogens is 1. The summed E-state index contributed by atoms with van der Waals surface area (Å²) in [4.78, 5) is 29.3. The second-order valence-electron chi connectivity index (χ2n) is 5.04. The molecule has 7 heteroatoms. The van der Waals surface area contributed by atoms with Crippen LogP contribution in [0.3, 0.4) is 0 Å². The fourth-order valence-corrected chi connectivity index (χ4v) is 2.21. The highest BCUT2D eigenvalue weighted by Gasteiger charge is 2.13. The van der Waals surface area contributed by atoms with Gasteiger partial charge in [0.1, 0.15) is 10.8 Å². The van der Waals surface area contributed by atoms with Crippen molar-refractivity contribution in [1.29, 1.82) is 0 Å². The van der Waals surface area contributed by atoms with E-state index in [1.165, 1.54) is 17.0 Å². The lowest BCUT2D eigenvalue weighted by Gasteiger charge is -2.11. The van der Waals surface area contributed by atoms with E-state index >= 15 is 0 Å². The summed E-state index contributed by atoms with van der Waals surface area (Å²) < 4.78 is 0. The van der Waals surface area contributed by atoms with Crippen LogP contribution in [-0.4, -0.2) is 35.8 Å². The Morgan fingerprint density at radius 2 is 1.74 bits per heavy atom. The molecule has 0 bridgehead atoms. The van der Waals surface area contributed by atoms with Crippen LogP contribution < -0.4 is 5.32 Å². The third-order valence-electron chi connectivity index (χ3n) is 3.09. The van der Waals surface area contributed by atoms with Gasteiger partial charge in [0.2, 0.25) is 0 Å². The number of hydrogen-bond donors (Lipinski definition) is 1. The summed E-state index contributed by atoms with van der Waals surface area (Å²) in [7, 11) is 3.39. The van der Waals surface area contributed by atoms with Crippen LogP contribution in [0.5, 0.6) is 0 Å². The Balaban J connectivity index is 2.02. The predicted octanol–water partition coefficient (Wildman–Crippen LogP) is 3.02. The summed E-state index contributed by atoms with van der Waals surface area (Å²) in [6, 6.07) is 10.0. The first-order chi connectivity index (χ1) is 10.9. The summed E-state index contributed by atoms with van der Waals surface area (Å²) in [5, 5.41) is 3.15. The minimum absolute atomic E-state index is 0.0736. The number of carbonyl (C=O) groups is 2. The zero-order valence-corrected chi connectivity index (χ0v) is 14.1. The fraction of sp³-hybridized carbons (Fsp3) is 0.188. The van der Waals surface area contributed by atoms with Crippen molar-refractivity contribution in [2.75, 3.05) is 14.1 Å². The topological polar surface area (TPSA) is 62.3 Å². The number of nitrogens with zero attached hydrogens (tertiary/aromatic N) is 2. The molecule has 23 heavy (non-hydrogen) atoms. The highest BCUT2D eigenvalue weighted by atomic mass is 35.5. The summed E-state index contributed by atoms with van der Waals surface area (Å²) in [6.07, 6.45) is 0. The van der Waals surface area contributed by atoms with Crippen molar-refractivity contribution >= 4 is 35.0 Å². The van der Waals surface area contributed by atoms with Crippen LogP contribution in [0.4, 0.5) is 0 Å². The first-order valence-electron chi connectivity index (χ1n) is 6.79. The standard InChI is InChI=1S/C16H15Cl2N3O2/c1-21(2)16(23)11-5-3-10(4-6-11)9-19-15(22)14-12(17)7-8-13(18)20-14/h3-8H,9H2,1-2H3,(H,19,22). The Morgan fingerprint density at radius 3 is 2.35 bits per heavy atom. The second kappa shape index (κ2) is 7.44. The molecule has 0 aliphatic rings. The van der Waals surface area contributed by atoms with Gasteiger partial charge < -0.3 is 10.2 Å². The van der Waals surface area contributed by atoms with Gasteiger partial charge in [0.05, 0.1) is 5.02 Å². The van der Waals surface area contributed by atoms with Crippen LogP contribution in [0, 0.1) is 0 Å². The Hall–Kier alpha value is -2.11. The van der Waals surface area contributed by atoms with Crippen LogP contribution in [0.25, 0.3) is 0 Å². The lowest BCUT2D eigenvalue weighted by atomic mass is 10.1. The maximum Gasteiger partial charge on any atom is 0.271 e. The fourth-order valence-electron chi connectivity index (χ4n) is 1.87. The van der Waals surface area contributed by atoms with Gasteiger partial charge in [-0.05, 0) is 29.8 Å². The van der Waals surface area contributed by atoms with E-state index in [4.69, 9.17) is 23.2 Å². The summed E-state index contributed by atoms with van der Waals surface area (Å²) >= 11 is 11.7. The smallest absolute Gasteiger partial charge is 0.271 e. The lowest BCUT2D eigenvalue weighted by molar-refractivity contribution is 0.0827. The third kappa shape index (κ3) is 4.43. The molecule has 2 rings (SSSR count). The van der Waals surface area contributed by atoms with Crippen molar-refractivity contribution in [2.45, 2.75) is 6.54 Å². The molecule has 1 aromatic carbocycles. The van der Waals surface area contributed by atoms with Crippen molar-refractivity contribution in [3.8, 4) is 0 Å². The normalized spacial score (nSPS) is 10.3. The zero-order chi connectivity index (χ0) is 17.0. The molecule has 120 valence electrons. The molecule has 0 aliphatic carbocycles. The molecule has 0 spiro atoms. The van der Waals surface area contributed by atoms with Gasteiger partial charge in [-0.25, -0.2) is 4.98 Å². The number of hydrogen-bond acceptors (Lipinski definition) is 3. The van der Waals surface area contributed by atoms with E-state index in [9.17, 15) is 9.59 Å². The first-order valence-corrected chi connectivity index (χ1v) is 7.55. The maximum atomic E-state index is 12.1. The molecule has 1 N–H and O–H groups in total. The van der Waals surface area contributed by atoms with Gasteiger partial charge >= 0.3 is 0 Å². The van der Waals surface area contributed by atoms with Crippen LogP contribution in [0.2, 0.25) is 10.2 Å². The Bertz CT molecular complexity index is 731. The van der Waals surface area contributed by atoms with Crippen LogP contribution in [-0.2, 0) is 6.54 Å². The molecule has 0 fully saturated rings. The highest BCUT2D eigenvalue weighted by molar-refractivity contribution is 6.34. The Kier molecular flexibility index (Phi) is 5.58. The Labute approximate surface area is 144 Å². The lowest BCUT2D eigenvalue weighted by Crippen LogP contribution is -2.24. The van der Waals surface area contributed by atoms with Crippen LogP contribution in [0.15, 0.2) is 36.4 Å². The molecular formula is C16H15Cl2N3O2. The quantitative estimate of drug-likeness (QED) is 0.861. The van der Waals surface area contributed by atoms with Crippen molar-refractivity contribution in [2.24, 2.45) is 0 Å². The summed E-state index contributed by atoms with van der Waals surface area (Å²) in [6.45, 7) is 0.291. The molecule has 2 amide bonds. The van der Waals surface area contributed by atoms with Crippen molar-refractivity contribution in [3.63, 3.8) is 0 Å². The molecule has 1 aromatic heterocycles. The minimum Gasteiger partial charge on any atom is -0.347 e. The Morgan fingerprint density at radius 1 is 1.09 bits per heavy atom. The molecule has 0 atom stereocenters. The molecule has 0 saturated heterocycles. The highest BCUT2D eigenvalue weighted by Crippen LogP contribution is 2.16. The van der Waals surface area contributed by atoms with E-state index < -0.39 is 5.91 Å². The first kappa shape index (κ1) is 17.2. The van der Waals surface area contributed by atoms with Crippen molar-refractivity contribution in [1.82, 2.24) is 15.2 Å². The minimum atomic E-state index is -0.411. The summed E-state index contributed by atoms with van der Waals surface area (Å²) in [5.41, 5.74) is 1.52. The average Bonchev–Trinajstić information content (AvgIpc) is 2.54. The number of nitrogens with one attached hydrogen (secondary N) is 1. The van der Waals surface area contributed by atoms with Gasteiger partial charge in [-0.2, -0.15) is 0 Å². The third-order valence-corrected chi connectivity index (χ3v) is 3.60. The molecule has 0 saturated carbocycles. The monoisotopic (exact) mass is 351 g/mol. The van der Waals surface area contributed by atoms with E-state index in [0.29, 0.717) is 12.1 Å². The molecule has 2 aromatic rings.